The number of rotatable bonds is 4. The number of nitrogens with one attached hydrogen (secondary N) is 1. The first-order chi connectivity index (χ1) is 9.65. The van der Waals surface area contributed by atoms with Gasteiger partial charge >= 0.3 is 0 Å². The fraction of sp³-hybridized carbons (Fsp3) is 0.571. The molecule has 0 atom stereocenters. The first kappa shape index (κ1) is 13.6. The summed E-state index contributed by atoms with van der Waals surface area (Å²) in [5.74, 6) is 1.68. The molecule has 0 amide bonds. The number of halogens is 1. The molecular weight excluding hydrogens is 274 g/mol. The Kier molecular flexibility index (Phi) is 3.81. The lowest BCUT2D eigenvalue weighted by molar-refractivity contribution is 0.247. The van der Waals surface area contributed by atoms with Crippen molar-refractivity contribution in [3.05, 3.63) is 22.8 Å². The van der Waals surface area contributed by atoms with E-state index in [0.717, 1.165) is 37.9 Å². The normalized spacial score (nSPS) is 20.1. The lowest BCUT2D eigenvalue weighted by Crippen LogP contribution is -2.47. The van der Waals surface area contributed by atoms with Crippen molar-refractivity contribution in [2.75, 3.05) is 37.6 Å². The standard InChI is InChI=1S/C14H20ClN5/c15-12-11(13(16)17)3-4-18-14(12)20-7-5-19(6-8-20)9-10-1-2-10/h3-4,10H,1-2,5-9H2,(H3,16,17). The second-order valence-corrected chi connectivity index (χ2v) is 6.02. The molecule has 108 valence electrons. The number of hydrogen-bond acceptors (Lipinski definition) is 4. The Bertz CT molecular complexity index is 506. The maximum absolute atomic E-state index is 7.54. The molecule has 20 heavy (non-hydrogen) atoms. The Labute approximate surface area is 124 Å². The molecule has 0 radical (unpaired) electrons. The summed E-state index contributed by atoms with van der Waals surface area (Å²) in [5, 5.41) is 8.04. The number of piperazine rings is 1. The highest BCUT2D eigenvalue weighted by Crippen LogP contribution is 2.31. The van der Waals surface area contributed by atoms with Gasteiger partial charge in [-0.25, -0.2) is 4.98 Å². The number of amidine groups is 1. The Morgan fingerprint density at radius 1 is 1.35 bits per heavy atom. The Balaban J connectivity index is 1.68. The largest absolute Gasteiger partial charge is 0.384 e. The van der Waals surface area contributed by atoms with Crippen molar-refractivity contribution in [1.82, 2.24) is 9.88 Å². The monoisotopic (exact) mass is 293 g/mol. The zero-order valence-corrected chi connectivity index (χ0v) is 12.2. The number of pyridine rings is 1. The highest BCUT2D eigenvalue weighted by molar-refractivity contribution is 6.36. The van der Waals surface area contributed by atoms with E-state index in [1.165, 1.54) is 19.4 Å². The number of nitrogens with zero attached hydrogens (tertiary/aromatic N) is 3. The molecule has 2 aliphatic rings. The van der Waals surface area contributed by atoms with Crippen LogP contribution in [0.15, 0.2) is 12.3 Å². The zero-order chi connectivity index (χ0) is 14.1. The van der Waals surface area contributed by atoms with Gasteiger partial charge in [0, 0.05) is 44.5 Å². The van der Waals surface area contributed by atoms with E-state index in [1.54, 1.807) is 12.3 Å². The minimum Gasteiger partial charge on any atom is -0.384 e. The predicted molar refractivity (Wildman–Crippen MR) is 81.6 cm³/mol. The van der Waals surface area contributed by atoms with E-state index in [9.17, 15) is 0 Å². The summed E-state index contributed by atoms with van der Waals surface area (Å²) in [5.41, 5.74) is 6.11. The van der Waals surface area contributed by atoms with Crippen LogP contribution in [0.25, 0.3) is 0 Å². The molecule has 1 aliphatic carbocycles. The molecule has 1 saturated carbocycles. The van der Waals surface area contributed by atoms with Gasteiger partial charge in [-0.15, -0.1) is 0 Å². The third-order valence-electron chi connectivity index (χ3n) is 4.05. The molecule has 3 N–H and O–H groups in total. The number of hydrogen-bond donors (Lipinski definition) is 2. The maximum Gasteiger partial charge on any atom is 0.148 e. The quantitative estimate of drug-likeness (QED) is 0.653. The van der Waals surface area contributed by atoms with Crippen molar-refractivity contribution in [1.29, 1.82) is 5.41 Å². The topological polar surface area (TPSA) is 69.2 Å². The molecule has 2 fully saturated rings. The van der Waals surface area contributed by atoms with Gasteiger partial charge in [-0.1, -0.05) is 11.6 Å². The number of nitrogen functional groups attached to an aromatic ring is 1. The van der Waals surface area contributed by atoms with Crippen molar-refractivity contribution in [2.45, 2.75) is 12.8 Å². The average molecular weight is 294 g/mol. The summed E-state index contributed by atoms with van der Waals surface area (Å²) in [6.07, 6.45) is 4.47. The Hall–Kier alpha value is -1.33. The number of anilines is 1. The minimum absolute atomic E-state index is 0.00832. The summed E-state index contributed by atoms with van der Waals surface area (Å²) in [6, 6.07) is 1.69. The summed E-state index contributed by atoms with van der Waals surface area (Å²) < 4.78 is 0. The minimum atomic E-state index is -0.00832. The van der Waals surface area contributed by atoms with Crippen molar-refractivity contribution in [2.24, 2.45) is 11.7 Å². The van der Waals surface area contributed by atoms with Crippen LogP contribution in [-0.2, 0) is 0 Å². The fourth-order valence-corrected chi connectivity index (χ4v) is 3.00. The van der Waals surface area contributed by atoms with E-state index in [-0.39, 0.29) is 5.84 Å². The predicted octanol–water partition coefficient (Wildman–Crippen LogP) is 1.55. The van der Waals surface area contributed by atoms with Gasteiger partial charge in [-0.05, 0) is 24.8 Å². The van der Waals surface area contributed by atoms with E-state index in [2.05, 4.69) is 14.8 Å². The molecule has 1 aliphatic heterocycles. The van der Waals surface area contributed by atoms with Crippen molar-refractivity contribution < 1.29 is 0 Å². The lowest BCUT2D eigenvalue weighted by Gasteiger charge is -2.36. The van der Waals surface area contributed by atoms with Crippen LogP contribution in [0.1, 0.15) is 18.4 Å². The van der Waals surface area contributed by atoms with Gasteiger partial charge in [-0.3, -0.25) is 10.3 Å². The average Bonchev–Trinajstić information content (AvgIpc) is 3.24. The van der Waals surface area contributed by atoms with Crippen LogP contribution >= 0.6 is 11.6 Å². The van der Waals surface area contributed by atoms with Gasteiger partial charge in [0.05, 0.1) is 5.02 Å². The van der Waals surface area contributed by atoms with E-state index < -0.39 is 0 Å². The number of aromatic nitrogens is 1. The molecule has 0 aromatic carbocycles. The molecular formula is C14H20ClN5. The molecule has 1 aromatic heterocycles. The maximum atomic E-state index is 7.54. The summed E-state index contributed by atoms with van der Waals surface area (Å²) in [4.78, 5) is 9.08. The number of nitrogens with two attached hydrogens (primary N) is 1. The fourth-order valence-electron chi connectivity index (χ4n) is 2.67. The molecule has 1 saturated heterocycles. The van der Waals surface area contributed by atoms with Crippen LogP contribution < -0.4 is 10.6 Å². The first-order valence-corrected chi connectivity index (χ1v) is 7.49. The van der Waals surface area contributed by atoms with E-state index in [0.29, 0.717) is 10.6 Å². The summed E-state index contributed by atoms with van der Waals surface area (Å²) in [7, 11) is 0. The van der Waals surface area contributed by atoms with Crippen LogP contribution in [-0.4, -0.2) is 48.4 Å². The molecule has 0 unspecified atom stereocenters. The third-order valence-corrected chi connectivity index (χ3v) is 4.42. The molecule has 0 spiro atoms. The lowest BCUT2D eigenvalue weighted by atomic mass is 10.2. The SMILES string of the molecule is N=C(N)c1ccnc(N2CCN(CC3CC3)CC2)c1Cl. The van der Waals surface area contributed by atoms with Gasteiger partial charge in [-0.2, -0.15) is 0 Å². The van der Waals surface area contributed by atoms with Crippen LogP contribution in [0.5, 0.6) is 0 Å². The van der Waals surface area contributed by atoms with Crippen molar-refractivity contribution in [3.63, 3.8) is 0 Å². The molecule has 5 nitrogen and oxygen atoms in total. The van der Waals surface area contributed by atoms with Crippen LogP contribution in [0.2, 0.25) is 5.02 Å². The smallest absolute Gasteiger partial charge is 0.148 e. The molecule has 2 heterocycles. The summed E-state index contributed by atoms with van der Waals surface area (Å²) >= 11 is 6.33. The van der Waals surface area contributed by atoms with Gasteiger partial charge < -0.3 is 10.6 Å². The Morgan fingerprint density at radius 3 is 2.65 bits per heavy atom. The van der Waals surface area contributed by atoms with Gasteiger partial charge in [0.2, 0.25) is 0 Å². The van der Waals surface area contributed by atoms with Crippen LogP contribution in [0.4, 0.5) is 5.82 Å². The second-order valence-electron chi connectivity index (χ2n) is 5.64. The zero-order valence-electron chi connectivity index (χ0n) is 11.5. The van der Waals surface area contributed by atoms with Gasteiger partial charge in [0.15, 0.2) is 0 Å². The summed E-state index contributed by atoms with van der Waals surface area (Å²) in [6.45, 7) is 5.21. The molecule has 3 rings (SSSR count). The molecule has 0 bridgehead atoms. The van der Waals surface area contributed by atoms with Crippen LogP contribution in [0.3, 0.4) is 0 Å². The Morgan fingerprint density at radius 2 is 2.05 bits per heavy atom. The molecule has 6 heteroatoms. The van der Waals surface area contributed by atoms with Gasteiger partial charge in [0.1, 0.15) is 11.7 Å². The van der Waals surface area contributed by atoms with E-state index in [1.807, 2.05) is 0 Å². The highest BCUT2D eigenvalue weighted by Gasteiger charge is 2.27. The first-order valence-electron chi connectivity index (χ1n) is 7.11. The second kappa shape index (κ2) is 5.58. The highest BCUT2D eigenvalue weighted by atomic mass is 35.5. The van der Waals surface area contributed by atoms with Crippen LogP contribution in [0, 0.1) is 11.3 Å². The van der Waals surface area contributed by atoms with Crippen molar-refractivity contribution in [3.8, 4) is 0 Å². The van der Waals surface area contributed by atoms with Gasteiger partial charge in [0.25, 0.3) is 0 Å². The van der Waals surface area contributed by atoms with Crippen molar-refractivity contribution >= 4 is 23.3 Å². The third kappa shape index (κ3) is 2.88. The van der Waals surface area contributed by atoms with E-state index in [4.69, 9.17) is 22.7 Å². The van der Waals surface area contributed by atoms with E-state index >= 15 is 0 Å². The molecule has 1 aromatic rings.